The summed E-state index contributed by atoms with van der Waals surface area (Å²) in [6.45, 7) is 0. The van der Waals surface area contributed by atoms with Gasteiger partial charge in [-0.1, -0.05) is 48.5 Å². The number of rotatable bonds is 1. The summed E-state index contributed by atoms with van der Waals surface area (Å²) in [6, 6.07) is 28.7. The van der Waals surface area contributed by atoms with Crippen LogP contribution in [0.2, 0.25) is 0 Å². The lowest BCUT2D eigenvalue weighted by atomic mass is 10.1. The van der Waals surface area contributed by atoms with Gasteiger partial charge >= 0.3 is 0 Å². The van der Waals surface area contributed by atoms with Crippen LogP contribution >= 0.6 is 0 Å². The average Bonchev–Trinajstić information content (AvgIpc) is 3.38. The van der Waals surface area contributed by atoms with Crippen LogP contribution in [0, 0.1) is 45.3 Å². The number of hydrogen-bond acceptors (Lipinski definition) is 5. The summed E-state index contributed by atoms with van der Waals surface area (Å²) in [4.78, 5) is 0. The van der Waals surface area contributed by atoms with Gasteiger partial charge in [-0.15, -0.1) is 0 Å². The van der Waals surface area contributed by atoms with Crippen molar-refractivity contribution < 1.29 is 4.42 Å². The molecule has 0 bridgehead atoms. The van der Waals surface area contributed by atoms with Crippen LogP contribution in [0.25, 0.3) is 49.4 Å². The van der Waals surface area contributed by atoms with Crippen molar-refractivity contribution in [1.29, 1.82) is 21.0 Å². The first-order chi connectivity index (χ1) is 15.7. The molecule has 146 valence electrons. The number of nitriles is 4. The molecule has 0 saturated carbocycles. The van der Waals surface area contributed by atoms with Crippen molar-refractivity contribution in [3.8, 4) is 30.0 Å². The van der Waals surface area contributed by atoms with Crippen LogP contribution < -0.4 is 10.8 Å². The molecule has 32 heavy (non-hydrogen) atoms. The Kier molecular flexibility index (Phi) is 4.20. The highest BCUT2D eigenvalue weighted by Crippen LogP contribution is 2.33. The Labute approximate surface area is 181 Å². The van der Waals surface area contributed by atoms with Crippen LogP contribution in [0.1, 0.15) is 0 Å². The summed E-state index contributed by atoms with van der Waals surface area (Å²) in [6.07, 6.45) is 0. The Hall–Kier alpha value is -5.30. The van der Waals surface area contributed by atoms with Gasteiger partial charge in [0.05, 0.1) is 22.1 Å². The summed E-state index contributed by atoms with van der Waals surface area (Å²) in [5, 5.41) is 41.0. The van der Waals surface area contributed by atoms with Crippen LogP contribution in [-0.2, 0) is 0 Å². The van der Waals surface area contributed by atoms with Gasteiger partial charge in [0.2, 0.25) is 0 Å². The zero-order valence-electron chi connectivity index (χ0n) is 16.5. The zero-order chi connectivity index (χ0) is 22.2. The summed E-state index contributed by atoms with van der Waals surface area (Å²) in [5.74, 6) is 0. The first kappa shape index (κ1) is 18.7. The van der Waals surface area contributed by atoms with Crippen molar-refractivity contribution in [1.82, 2.24) is 4.57 Å². The molecular weight excluding hydrogens is 398 g/mol. The van der Waals surface area contributed by atoms with Crippen molar-refractivity contribution >= 4 is 43.7 Å². The summed E-state index contributed by atoms with van der Waals surface area (Å²) < 4.78 is 7.88. The fraction of sp³-hybridized carbons (Fsp3) is 0. The lowest BCUT2D eigenvalue weighted by molar-refractivity contribution is 0.506. The molecule has 0 spiro atoms. The third kappa shape index (κ3) is 2.49. The summed E-state index contributed by atoms with van der Waals surface area (Å²) in [7, 11) is 0. The van der Waals surface area contributed by atoms with Gasteiger partial charge in [-0.05, 0) is 18.2 Å². The molecule has 0 amide bonds. The van der Waals surface area contributed by atoms with E-state index in [-0.39, 0.29) is 22.0 Å². The Morgan fingerprint density at radius 1 is 0.594 bits per heavy atom. The fourth-order valence-corrected chi connectivity index (χ4v) is 4.16. The number of hydrogen-bond donors (Lipinski definition) is 0. The molecule has 0 radical (unpaired) electrons. The normalized spacial score (nSPS) is 10.4. The van der Waals surface area contributed by atoms with Gasteiger partial charge in [-0.3, -0.25) is 0 Å². The first-order valence-corrected chi connectivity index (χ1v) is 9.62. The van der Waals surface area contributed by atoms with E-state index in [0.29, 0.717) is 16.5 Å². The number of para-hydroxylation sites is 2. The van der Waals surface area contributed by atoms with Crippen LogP contribution in [0.15, 0.2) is 71.1 Å². The van der Waals surface area contributed by atoms with E-state index in [2.05, 4.69) is 0 Å². The zero-order valence-corrected chi connectivity index (χ0v) is 16.5. The highest BCUT2D eigenvalue weighted by molar-refractivity contribution is 6.10. The van der Waals surface area contributed by atoms with Gasteiger partial charge in [0.25, 0.3) is 0 Å². The monoisotopic (exact) mass is 409 g/mol. The van der Waals surface area contributed by atoms with Crippen molar-refractivity contribution in [2.45, 2.75) is 0 Å². The van der Waals surface area contributed by atoms with Gasteiger partial charge in [-0.25, -0.2) is 0 Å². The highest BCUT2D eigenvalue weighted by atomic mass is 16.3. The van der Waals surface area contributed by atoms with E-state index < -0.39 is 0 Å². The van der Waals surface area contributed by atoms with Gasteiger partial charge in [0.1, 0.15) is 24.3 Å². The minimum Gasteiger partial charge on any atom is -0.452 e. The molecular formula is C26H11N5O. The van der Waals surface area contributed by atoms with E-state index >= 15 is 0 Å². The molecule has 0 aliphatic carbocycles. The lowest BCUT2D eigenvalue weighted by Crippen LogP contribution is -2.07. The fourth-order valence-electron chi connectivity index (χ4n) is 4.16. The minimum absolute atomic E-state index is 0.0421. The molecule has 6 nitrogen and oxygen atoms in total. The SMILES string of the molecule is N#CC(C#N)=c1oc(=C(C#N)C#N)c2c(-n3c4ccccc4c4ccccc43)cccc12. The summed E-state index contributed by atoms with van der Waals surface area (Å²) >= 11 is 0. The van der Waals surface area contributed by atoms with Crippen molar-refractivity contribution in [3.63, 3.8) is 0 Å². The second kappa shape index (κ2) is 7.19. The van der Waals surface area contributed by atoms with Crippen LogP contribution in [0.5, 0.6) is 0 Å². The van der Waals surface area contributed by atoms with E-state index in [9.17, 15) is 21.0 Å². The minimum atomic E-state index is -0.232. The summed E-state index contributed by atoms with van der Waals surface area (Å²) in [5.41, 5.74) is 2.19. The van der Waals surface area contributed by atoms with E-state index in [0.717, 1.165) is 21.8 Å². The van der Waals surface area contributed by atoms with E-state index in [1.54, 1.807) is 12.1 Å². The number of aromatic nitrogens is 1. The van der Waals surface area contributed by atoms with E-state index in [1.165, 1.54) is 0 Å². The molecule has 0 unspecified atom stereocenters. The third-order valence-electron chi connectivity index (χ3n) is 5.44. The molecule has 0 N–H and O–H groups in total. The van der Waals surface area contributed by atoms with Gasteiger partial charge in [-0.2, -0.15) is 21.0 Å². The molecule has 0 fully saturated rings. The standard InChI is InChI=1S/C26H11N5O/c27-12-16(13-28)25-20-8-5-11-23(24(20)26(32-25)17(14-29)15-30)31-21-9-3-1-6-18(21)19-7-2-4-10-22(19)31/h1-11H. The Morgan fingerprint density at radius 3 is 1.66 bits per heavy atom. The molecule has 6 heteroatoms. The van der Waals surface area contributed by atoms with Crippen molar-refractivity contribution in [3.05, 3.63) is 77.6 Å². The molecule has 5 rings (SSSR count). The number of nitrogens with zero attached hydrogens (tertiary/aromatic N) is 5. The maximum absolute atomic E-state index is 9.55. The smallest absolute Gasteiger partial charge is 0.172 e. The van der Waals surface area contributed by atoms with Crippen LogP contribution in [-0.4, -0.2) is 4.57 Å². The molecule has 2 aromatic heterocycles. The Bertz CT molecular complexity index is 1790. The topological polar surface area (TPSA) is 113 Å². The lowest BCUT2D eigenvalue weighted by Gasteiger charge is -2.09. The van der Waals surface area contributed by atoms with Crippen LogP contribution in [0.4, 0.5) is 0 Å². The molecule has 5 aromatic rings. The number of benzene rings is 3. The van der Waals surface area contributed by atoms with Crippen LogP contribution in [0.3, 0.4) is 0 Å². The van der Waals surface area contributed by atoms with E-state index in [1.807, 2.05) is 83.4 Å². The molecule has 0 aliphatic heterocycles. The van der Waals surface area contributed by atoms with E-state index in [4.69, 9.17) is 4.42 Å². The predicted octanol–water partition coefficient (Wildman–Crippen LogP) is 3.93. The maximum atomic E-state index is 9.55. The quantitative estimate of drug-likeness (QED) is 0.416. The largest absolute Gasteiger partial charge is 0.452 e. The second-order valence-electron chi connectivity index (χ2n) is 7.03. The first-order valence-electron chi connectivity index (χ1n) is 9.62. The number of furan rings is 1. The molecule has 3 aromatic carbocycles. The molecule has 0 aliphatic rings. The maximum Gasteiger partial charge on any atom is 0.172 e. The van der Waals surface area contributed by atoms with Crippen molar-refractivity contribution in [2.24, 2.45) is 0 Å². The third-order valence-corrected chi connectivity index (χ3v) is 5.44. The molecule has 2 heterocycles. The molecule has 0 atom stereocenters. The Balaban J connectivity index is 2.12. The van der Waals surface area contributed by atoms with Gasteiger partial charge < -0.3 is 8.98 Å². The van der Waals surface area contributed by atoms with Gasteiger partial charge in [0, 0.05) is 16.2 Å². The number of fused-ring (bicyclic) bond motifs is 4. The average molecular weight is 409 g/mol. The van der Waals surface area contributed by atoms with Crippen molar-refractivity contribution in [2.75, 3.05) is 0 Å². The second-order valence-corrected chi connectivity index (χ2v) is 7.03. The van der Waals surface area contributed by atoms with Gasteiger partial charge in [0.15, 0.2) is 22.0 Å². The molecule has 0 saturated heterocycles. The predicted molar refractivity (Wildman–Crippen MR) is 119 cm³/mol. The highest BCUT2D eigenvalue weighted by Gasteiger charge is 2.19. The Morgan fingerprint density at radius 2 is 1.09 bits per heavy atom.